The lowest BCUT2D eigenvalue weighted by Gasteiger charge is -2.39. The topological polar surface area (TPSA) is 71.9 Å². The van der Waals surface area contributed by atoms with Crippen molar-refractivity contribution in [2.24, 2.45) is 0 Å². The van der Waals surface area contributed by atoms with Crippen molar-refractivity contribution in [1.82, 2.24) is 9.88 Å². The standard InChI is InChI=1S/C21H25BrN2O4/c1-13-7-8-16(23-12-13)20(24-9-5-4-6-17(24)21(25)26)14-10-18(27-2)19(28-3)11-15(14)22/h7-8,10-12,17,20H,4-6,9H2,1-3H3,(H,25,26). The van der Waals surface area contributed by atoms with Crippen molar-refractivity contribution in [2.45, 2.75) is 38.3 Å². The Balaban J connectivity index is 2.16. The van der Waals surface area contributed by atoms with Gasteiger partial charge < -0.3 is 14.6 Å². The van der Waals surface area contributed by atoms with E-state index in [-0.39, 0.29) is 6.04 Å². The van der Waals surface area contributed by atoms with Gasteiger partial charge in [0, 0.05) is 10.7 Å². The van der Waals surface area contributed by atoms with E-state index in [2.05, 4.69) is 20.9 Å². The maximum absolute atomic E-state index is 12.0. The fourth-order valence-electron chi connectivity index (χ4n) is 3.76. The Morgan fingerprint density at radius 2 is 1.96 bits per heavy atom. The first-order valence-corrected chi connectivity index (χ1v) is 10.1. The lowest BCUT2D eigenvalue weighted by Crippen LogP contribution is -2.47. The van der Waals surface area contributed by atoms with Gasteiger partial charge in [-0.05, 0) is 55.6 Å². The van der Waals surface area contributed by atoms with Gasteiger partial charge in [0.25, 0.3) is 0 Å². The number of halogens is 1. The molecule has 0 aliphatic carbocycles. The average molecular weight is 449 g/mol. The molecule has 6 nitrogen and oxygen atoms in total. The first kappa shape index (κ1) is 20.6. The van der Waals surface area contributed by atoms with Crippen molar-refractivity contribution in [2.75, 3.05) is 20.8 Å². The van der Waals surface area contributed by atoms with Crippen LogP contribution >= 0.6 is 15.9 Å². The second-order valence-electron chi connectivity index (χ2n) is 6.98. The monoisotopic (exact) mass is 448 g/mol. The van der Waals surface area contributed by atoms with Gasteiger partial charge in [-0.25, -0.2) is 0 Å². The molecular weight excluding hydrogens is 424 g/mol. The Labute approximate surface area is 173 Å². The van der Waals surface area contributed by atoms with Crippen molar-refractivity contribution < 1.29 is 19.4 Å². The molecule has 2 heterocycles. The summed E-state index contributed by atoms with van der Waals surface area (Å²) in [6, 6.07) is 6.87. The minimum atomic E-state index is -0.798. The van der Waals surface area contributed by atoms with Crippen molar-refractivity contribution in [3.05, 3.63) is 51.8 Å². The molecule has 0 radical (unpaired) electrons. The van der Waals surface area contributed by atoms with Gasteiger partial charge in [-0.3, -0.25) is 14.7 Å². The summed E-state index contributed by atoms with van der Waals surface area (Å²) in [6.07, 6.45) is 4.31. The summed E-state index contributed by atoms with van der Waals surface area (Å²) < 4.78 is 11.7. The quantitative estimate of drug-likeness (QED) is 0.713. The number of aliphatic carboxylic acids is 1. The third-order valence-corrected chi connectivity index (χ3v) is 5.86. The Kier molecular flexibility index (Phi) is 6.57. The molecule has 1 saturated heterocycles. The van der Waals surface area contributed by atoms with E-state index in [9.17, 15) is 9.90 Å². The SMILES string of the molecule is COc1cc(Br)c(C(c2ccc(C)cn2)N2CCCCC2C(=O)O)cc1OC. The van der Waals surface area contributed by atoms with Crippen LogP contribution in [0.4, 0.5) is 0 Å². The van der Waals surface area contributed by atoms with E-state index in [1.54, 1.807) is 14.2 Å². The average Bonchev–Trinajstić information content (AvgIpc) is 2.70. The third-order valence-electron chi connectivity index (χ3n) is 5.17. The molecule has 1 aliphatic rings. The molecule has 3 rings (SSSR count). The van der Waals surface area contributed by atoms with Gasteiger partial charge in [0.15, 0.2) is 11.5 Å². The fourth-order valence-corrected chi connectivity index (χ4v) is 4.30. The predicted molar refractivity (Wildman–Crippen MR) is 110 cm³/mol. The Hall–Kier alpha value is -2.12. The lowest BCUT2D eigenvalue weighted by atomic mass is 9.93. The van der Waals surface area contributed by atoms with Crippen LogP contribution in [0, 0.1) is 6.92 Å². The lowest BCUT2D eigenvalue weighted by molar-refractivity contribution is -0.145. The first-order chi connectivity index (χ1) is 13.5. The van der Waals surface area contributed by atoms with Crippen molar-refractivity contribution in [1.29, 1.82) is 0 Å². The summed E-state index contributed by atoms with van der Waals surface area (Å²) in [6.45, 7) is 2.68. The number of likely N-dealkylation sites (tertiary alicyclic amines) is 1. The summed E-state index contributed by atoms with van der Waals surface area (Å²) in [5.41, 5.74) is 2.77. The van der Waals surface area contributed by atoms with E-state index in [1.165, 1.54) is 0 Å². The minimum Gasteiger partial charge on any atom is -0.493 e. The van der Waals surface area contributed by atoms with Crippen LogP contribution in [-0.2, 0) is 4.79 Å². The van der Waals surface area contributed by atoms with Crippen molar-refractivity contribution in [3.63, 3.8) is 0 Å². The highest BCUT2D eigenvalue weighted by Gasteiger charge is 2.37. The fraction of sp³-hybridized carbons (Fsp3) is 0.429. The number of ether oxygens (including phenoxy) is 2. The summed E-state index contributed by atoms with van der Waals surface area (Å²) in [5, 5.41) is 9.83. The summed E-state index contributed by atoms with van der Waals surface area (Å²) in [7, 11) is 3.18. The molecule has 0 bridgehead atoms. The predicted octanol–water partition coefficient (Wildman–Crippen LogP) is 4.20. The zero-order valence-corrected chi connectivity index (χ0v) is 17.9. The molecular formula is C21H25BrN2O4. The number of carboxylic acid groups (broad SMARTS) is 1. The highest BCUT2D eigenvalue weighted by molar-refractivity contribution is 9.10. The number of hydrogen-bond acceptors (Lipinski definition) is 5. The molecule has 2 unspecified atom stereocenters. The number of hydrogen-bond donors (Lipinski definition) is 1. The normalized spacial score (nSPS) is 18.5. The molecule has 1 fully saturated rings. The number of carboxylic acids is 1. The van der Waals surface area contributed by atoms with Crippen LogP contribution in [0.15, 0.2) is 34.9 Å². The van der Waals surface area contributed by atoms with Gasteiger partial charge in [0.2, 0.25) is 0 Å². The maximum atomic E-state index is 12.0. The number of rotatable bonds is 6. The van der Waals surface area contributed by atoms with E-state index in [0.717, 1.165) is 34.1 Å². The van der Waals surface area contributed by atoms with Crippen LogP contribution in [0.2, 0.25) is 0 Å². The van der Waals surface area contributed by atoms with Gasteiger partial charge in [0.1, 0.15) is 6.04 Å². The third kappa shape index (κ3) is 4.15. The van der Waals surface area contributed by atoms with Crippen LogP contribution in [0.3, 0.4) is 0 Å². The summed E-state index contributed by atoms with van der Waals surface area (Å²) >= 11 is 3.65. The first-order valence-electron chi connectivity index (χ1n) is 9.28. The van der Waals surface area contributed by atoms with Crippen LogP contribution < -0.4 is 9.47 Å². The second-order valence-corrected chi connectivity index (χ2v) is 7.83. The summed E-state index contributed by atoms with van der Waals surface area (Å²) in [5.74, 6) is 0.414. The molecule has 150 valence electrons. The highest BCUT2D eigenvalue weighted by Crippen LogP contribution is 2.41. The van der Waals surface area contributed by atoms with Gasteiger partial charge in [-0.2, -0.15) is 0 Å². The van der Waals surface area contributed by atoms with Gasteiger partial charge in [-0.15, -0.1) is 0 Å². The molecule has 1 N–H and O–H groups in total. The molecule has 28 heavy (non-hydrogen) atoms. The molecule has 2 aromatic rings. The van der Waals surface area contributed by atoms with Gasteiger partial charge in [-0.1, -0.05) is 28.4 Å². The number of aryl methyl sites for hydroxylation is 1. The molecule has 1 aromatic carbocycles. The molecule has 1 aliphatic heterocycles. The van der Waals surface area contributed by atoms with Crippen LogP contribution in [0.1, 0.15) is 42.1 Å². The Bertz CT molecular complexity index is 841. The number of benzene rings is 1. The molecule has 0 amide bonds. The Morgan fingerprint density at radius 3 is 2.57 bits per heavy atom. The largest absolute Gasteiger partial charge is 0.493 e. The number of nitrogens with zero attached hydrogens (tertiary/aromatic N) is 2. The molecule has 7 heteroatoms. The van der Waals surface area contributed by atoms with Gasteiger partial charge >= 0.3 is 5.97 Å². The number of aromatic nitrogens is 1. The maximum Gasteiger partial charge on any atom is 0.320 e. The number of piperidine rings is 1. The van der Waals surface area contributed by atoms with E-state index >= 15 is 0 Å². The summed E-state index contributed by atoms with van der Waals surface area (Å²) in [4.78, 5) is 18.6. The zero-order chi connectivity index (χ0) is 20.3. The molecule has 0 spiro atoms. The van der Waals surface area contributed by atoms with E-state index in [4.69, 9.17) is 9.47 Å². The van der Waals surface area contributed by atoms with Crippen molar-refractivity contribution >= 4 is 21.9 Å². The van der Waals surface area contributed by atoms with Gasteiger partial charge in [0.05, 0.1) is 26.0 Å². The van der Waals surface area contributed by atoms with Crippen molar-refractivity contribution in [3.8, 4) is 11.5 Å². The number of pyridine rings is 1. The van der Waals surface area contributed by atoms with Crippen LogP contribution in [0.5, 0.6) is 11.5 Å². The number of carbonyl (C=O) groups is 1. The smallest absolute Gasteiger partial charge is 0.320 e. The second kappa shape index (κ2) is 8.92. The van der Waals surface area contributed by atoms with Crippen LogP contribution in [-0.4, -0.2) is 47.8 Å². The minimum absolute atomic E-state index is 0.309. The Morgan fingerprint density at radius 1 is 1.25 bits per heavy atom. The highest BCUT2D eigenvalue weighted by atomic mass is 79.9. The van der Waals surface area contributed by atoms with E-state index in [1.807, 2.05) is 42.3 Å². The molecule has 1 aromatic heterocycles. The van der Waals surface area contributed by atoms with E-state index < -0.39 is 12.0 Å². The van der Waals surface area contributed by atoms with E-state index in [0.29, 0.717) is 24.5 Å². The molecule has 0 saturated carbocycles. The zero-order valence-electron chi connectivity index (χ0n) is 16.3. The number of methoxy groups -OCH3 is 2. The molecule has 2 atom stereocenters. The van der Waals surface area contributed by atoms with Crippen LogP contribution in [0.25, 0.3) is 0 Å².